The molecular formula is C29H53ClO19. The maximum Gasteiger partial charge on any atom is 0.508 e. The summed E-state index contributed by atoms with van der Waals surface area (Å²) >= 11 is 5.49. The third-order valence-corrected chi connectivity index (χ3v) is 5.00. The first-order valence-corrected chi connectivity index (χ1v) is 15.7. The topological polar surface area (TPSA) is 259 Å². The Morgan fingerprint density at radius 2 is 0.837 bits per heavy atom. The highest BCUT2D eigenvalue weighted by molar-refractivity contribution is 6.18. The van der Waals surface area contributed by atoms with Gasteiger partial charge in [-0.1, -0.05) is 13.8 Å². The molecule has 0 spiro atoms. The zero-order chi connectivity index (χ0) is 38.2. The molecule has 290 valence electrons. The van der Waals surface area contributed by atoms with Gasteiger partial charge in [0.15, 0.2) is 0 Å². The maximum absolute atomic E-state index is 11.0. The Morgan fingerprint density at radius 3 is 1.18 bits per heavy atom. The van der Waals surface area contributed by atoms with E-state index in [4.69, 9.17) is 41.7 Å². The number of hydrogen-bond donors (Lipinski definition) is 4. The monoisotopic (exact) mass is 740 g/mol. The first kappa shape index (κ1) is 50.0. The minimum atomic E-state index is -0.911. The molecule has 0 aromatic heterocycles. The summed E-state index contributed by atoms with van der Waals surface area (Å²) < 4.78 is 41.6. The molecule has 0 aliphatic carbocycles. The molecule has 0 heterocycles. The molecule has 0 aliphatic heterocycles. The fraction of sp³-hybridized carbons (Fsp3) is 0.828. The van der Waals surface area contributed by atoms with Crippen molar-refractivity contribution in [2.45, 2.75) is 79.3 Å². The lowest BCUT2D eigenvalue weighted by molar-refractivity contribution is -0.280. The number of carbonyl (C=O) groups excluding carboxylic acids is 5. The second kappa shape index (κ2) is 33.2. The van der Waals surface area contributed by atoms with Gasteiger partial charge in [-0.2, -0.15) is 0 Å². The predicted molar refractivity (Wildman–Crippen MR) is 168 cm³/mol. The van der Waals surface area contributed by atoms with Crippen LogP contribution >= 0.6 is 11.6 Å². The van der Waals surface area contributed by atoms with Gasteiger partial charge in [-0.25, -0.2) is 24.1 Å². The van der Waals surface area contributed by atoms with Crippen LogP contribution in [0, 0.1) is 11.8 Å². The Hall–Kier alpha value is -3.36. The Labute approximate surface area is 290 Å². The minimum Gasteiger partial charge on any atom is -0.465 e. The number of hydrogen-bond acceptors (Lipinski definition) is 19. The van der Waals surface area contributed by atoms with Gasteiger partial charge in [-0.05, 0) is 27.7 Å². The summed E-state index contributed by atoms with van der Waals surface area (Å²) in [6.07, 6.45) is -5.93. The number of aliphatic hydroxyl groups excluding tert-OH is 3. The normalized spacial score (nSPS) is 13.8. The minimum absolute atomic E-state index is 0.00206. The lowest BCUT2D eigenvalue weighted by Crippen LogP contribution is -2.20. The van der Waals surface area contributed by atoms with Crippen LogP contribution in [0.2, 0.25) is 0 Å². The smallest absolute Gasteiger partial charge is 0.465 e. The van der Waals surface area contributed by atoms with Crippen LogP contribution in [-0.2, 0) is 52.3 Å². The SMILES string of the molecule is CC(=O)OCC(C)COC(=O)OCC(C)O.CC(O)COC(=O)OCC(C)CCl.CC(O)COC(=O)OCCCOC(=O)OCC(C)OO. The molecule has 0 bridgehead atoms. The zero-order valence-corrected chi connectivity index (χ0v) is 29.8. The molecule has 0 aromatic rings. The largest absolute Gasteiger partial charge is 0.508 e. The van der Waals surface area contributed by atoms with Crippen LogP contribution in [0.5, 0.6) is 0 Å². The Morgan fingerprint density at radius 1 is 0.510 bits per heavy atom. The van der Waals surface area contributed by atoms with Crippen molar-refractivity contribution in [3.63, 3.8) is 0 Å². The molecule has 6 unspecified atom stereocenters. The van der Waals surface area contributed by atoms with Crippen LogP contribution in [0.4, 0.5) is 19.2 Å². The molecule has 49 heavy (non-hydrogen) atoms. The fourth-order valence-corrected chi connectivity index (χ4v) is 2.18. The third-order valence-electron chi connectivity index (χ3n) is 4.48. The molecule has 20 heteroatoms. The van der Waals surface area contributed by atoms with Gasteiger partial charge >= 0.3 is 30.6 Å². The molecule has 0 aromatic carbocycles. The molecule has 0 saturated heterocycles. The van der Waals surface area contributed by atoms with E-state index >= 15 is 0 Å². The average molecular weight is 741 g/mol. The lowest BCUT2D eigenvalue weighted by atomic mass is 10.2. The van der Waals surface area contributed by atoms with Crippen molar-refractivity contribution in [2.24, 2.45) is 11.8 Å². The molecular weight excluding hydrogens is 688 g/mol. The van der Waals surface area contributed by atoms with Crippen molar-refractivity contribution in [2.75, 3.05) is 65.3 Å². The van der Waals surface area contributed by atoms with Crippen LogP contribution in [-0.4, -0.2) is 141 Å². The highest BCUT2D eigenvalue weighted by Crippen LogP contribution is 2.01. The lowest BCUT2D eigenvalue weighted by Gasteiger charge is -2.12. The van der Waals surface area contributed by atoms with E-state index in [9.17, 15) is 24.0 Å². The van der Waals surface area contributed by atoms with Crippen LogP contribution < -0.4 is 0 Å². The summed E-state index contributed by atoms with van der Waals surface area (Å²) in [7, 11) is 0. The standard InChI is InChI=1S/C11H20O9.C10H18O6.C8H15ClO4/c1-8(12)6-18-10(13)16-4-3-5-17-11(14)19-7-9(2)20-15;1-7(4-14-9(3)12)5-15-10(13)16-6-8(2)11;1-6(3-9)4-12-8(11)13-5-7(2)10/h8-9,12,15H,3-7H2,1-2H3;7-8,11H,4-6H2,1-3H3;6-7,10H,3-5H2,1-2H3. The number of aliphatic hydroxyl groups is 3. The van der Waals surface area contributed by atoms with E-state index in [-0.39, 0.29) is 83.7 Å². The van der Waals surface area contributed by atoms with Crippen LogP contribution in [0.1, 0.15) is 54.9 Å². The van der Waals surface area contributed by atoms with Gasteiger partial charge in [0.05, 0.1) is 44.7 Å². The Balaban J connectivity index is -0.000000664. The van der Waals surface area contributed by atoms with Gasteiger partial charge in [-0.3, -0.25) is 10.1 Å². The van der Waals surface area contributed by atoms with Crippen molar-refractivity contribution in [1.29, 1.82) is 0 Å². The van der Waals surface area contributed by atoms with Gasteiger partial charge in [-0.15, -0.1) is 11.6 Å². The molecule has 0 saturated carbocycles. The average Bonchev–Trinajstić information content (AvgIpc) is 3.04. The van der Waals surface area contributed by atoms with E-state index < -0.39 is 49.0 Å². The second-order valence-corrected chi connectivity index (χ2v) is 10.9. The third kappa shape index (κ3) is 42.6. The van der Waals surface area contributed by atoms with E-state index in [1.54, 1.807) is 6.92 Å². The van der Waals surface area contributed by atoms with Crippen LogP contribution in [0.3, 0.4) is 0 Å². The van der Waals surface area contributed by atoms with E-state index in [0.717, 1.165) is 0 Å². The quantitative estimate of drug-likeness (QED) is 0.0349. The number of alkyl halides is 1. The summed E-state index contributed by atoms with van der Waals surface area (Å²) in [6.45, 7) is 11.0. The van der Waals surface area contributed by atoms with Crippen molar-refractivity contribution in [1.82, 2.24) is 0 Å². The summed E-state index contributed by atoms with van der Waals surface area (Å²) in [5.41, 5.74) is 0. The van der Waals surface area contributed by atoms with Gasteiger partial charge in [0.2, 0.25) is 0 Å². The molecule has 19 nitrogen and oxygen atoms in total. The second-order valence-electron chi connectivity index (χ2n) is 10.5. The molecule has 6 atom stereocenters. The molecule has 0 rings (SSSR count). The van der Waals surface area contributed by atoms with E-state index in [1.807, 2.05) is 6.92 Å². The van der Waals surface area contributed by atoms with Gasteiger partial charge in [0, 0.05) is 31.1 Å². The predicted octanol–water partition coefficient (Wildman–Crippen LogP) is 3.06. The number of carbonyl (C=O) groups is 5. The maximum atomic E-state index is 11.0. The van der Waals surface area contributed by atoms with Crippen LogP contribution in [0.15, 0.2) is 0 Å². The number of halogens is 1. The number of esters is 1. The summed E-state index contributed by atoms with van der Waals surface area (Å²) in [5.74, 6) is 0.0799. The van der Waals surface area contributed by atoms with Crippen molar-refractivity contribution in [3.05, 3.63) is 0 Å². The first-order valence-electron chi connectivity index (χ1n) is 15.1. The molecule has 0 amide bonds. The molecule has 0 aliphatic rings. The molecule has 0 radical (unpaired) electrons. The summed E-state index contributed by atoms with van der Waals surface area (Å²) in [4.78, 5) is 58.0. The molecule has 0 fully saturated rings. The van der Waals surface area contributed by atoms with Crippen molar-refractivity contribution < 1.29 is 92.1 Å². The number of ether oxygens (including phenoxy) is 9. The molecule has 4 N–H and O–H groups in total. The number of rotatable bonds is 20. The zero-order valence-electron chi connectivity index (χ0n) is 29.0. The van der Waals surface area contributed by atoms with Gasteiger partial charge < -0.3 is 58.0 Å². The highest BCUT2D eigenvalue weighted by atomic mass is 35.5. The first-order chi connectivity index (χ1) is 22.9. The van der Waals surface area contributed by atoms with Crippen molar-refractivity contribution >= 4 is 42.2 Å². The van der Waals surface area contributed by atoms with Gasteiger partial charge in [0.25, 0.3) is 0 Å². The fourth-order valence-electron chi connectivity index (χ4n) is 2.09. The van der Waals surface area contributed by atoms with E-state index in [2.05, 4.69) is 38.0 Å². The summed E-state index contributed by atoms with van der Waals surface area (Å²) in [5, 5.41) is 34.7. The summed E-state index contributed by atoms with van der Waals surface area (Å²) in [6, 6.07) is 0. The highest BCUT2D eigenvalue weighted by Gasteiger charge is 2.12. The Bertz CT molecular complexity index is 871. The Kier molecular flexibility index (Phi) is 33.8. The van der Waals surface area contributed by atoms with Crippen LogP contribution in [0.25, 0.3) is 0 Å². The van der Waals surface area contributed by atoms with E-state index in [0.29, 0.717) is 5.88 Å². The van der Waals surface area contributed by atoms with E-state index in [1.165, 1.54) is 34.6 Å². The van der Waals surface area contributed by atoms with Crippen molar-refractivity contribution in [3.8, 4) is 0 Å². The van der Waals surface area contributed by atoms with Gasteiger partial charge in [0.1, 0.15) is 39.1 Å².